The molecule has 1 aromatic carbocycles. The third-order valence-electron chi connectivity index (χ3n) is 2.39. The fraction of sp³-hybridized carbons (Fsp3) is 0.273. The summed E-state index contributed by atoms with van der Waals surface area (Å²) in [5, 5.41) is 8.84. The summed E-state index contributed by atoms with van der Waals surface area (Å²) < 4.78 is 42.2. The number of methoxy groups -OCH3 is 1. The van der Waals surface area contributed by atoms with Crippen molar-refractivity contribution in [1.29, 1.82) is 0 Å². The van der Waals surface area contributed by atoms with Crippen molar-refractivity contribution in [3.05, 3.63) is 34.4 Å². The molecule has 0 aliphatic carbocycles. The van der Waals surface area contributed by atoms with Gasteiger partial charge in [-0.3, -0.25) is 0 Å². The van der Waals surface area contributed by atoms with E-state index in [0.29, 0.717) is 6.07 Å². The lowest BCUT2D eigenvalue weighted by Crippen LogP contribution is -2.17. The average molecular weight is 262 g/mol. The van der Waals surface area contributed by atoms with E-state index in [9.17, 15) is 22.8 Å². The summed E-state index contributed by atoms with van der Waals surface area (Å²) in [7, 11) is 1.06. The molecule has 4 nitrogen and oxygen atoms in total. The van der Waals surface area contributed by atoms with E-state index in [2.05, 4.69) is 4.74 Å². The number of carboxylic acids is 1. The number of halogens is 3. The molecule has 1 rings (SSSR count). The Morgan fingerprint density at radius 1 is 1.28 bits per heavy atom. The molecule has 7 heteroatoms. The summed E-state index contributed by atoms with van der Waals surface area (Å²) in [5.41, 5.74) is -2.71. The van der Waals surface area contributed by atoms with Gasteiger partial charge in [-0.2, -0.15) is 13.2 Å². The van der Waals surface area contributed by atoms with Gasteiger partial charge in [0, 0.05) is 0 Å². The van der Waals surface area contributed by atoms with Crippen LogP contribution in [0.3, 0.4) is 0 Å². The number of hydrogen-bond donors (Lipinski definition) is 1. The molecule has 0 atom stereocenters. The van der Waals surface area contributed by atoms with E-state index in [-0.39, 0.29) is 11.1 Å². The van der Waals surface area contributed by atoms with Crippen molar-refractivity contribution in [1.82, 2.24) is 0 Å². The Hall–Kier alpha value is -2.05. The molecule has 0 spiro atoms. The summed E-state index contributed by atoms with van der Waals surface area (Å²) in [6.07, 6.45) is -4.80. The highest BCUT2D eigenvalue weighted by molar-refractivity contribution is 5.98. The molecular formula is C11H9F3O4. The molecule has 0 saturated carbocycles. The molecule has 0 aromatic heterocycles. The van der Waals surface area contributed by atoms with E-state index in [0.717, 1.165) is 20.1 Å². The Morgan fingerprint density at radius 2 is 1.83 bits per heavy atom. The molecule has 1 N–H and O–H groups in total. The maximum Gasteiger partial charge on any atom is 0.417 e. The molecule has 98 valence electrons. The van der Waals surface area contributed by atoms with E-state index < -0.39 is 29.2 Å². The Balaban J connectivity index is 3.58. The first-order valence-electron chi connectivity index (χ1n) is 4.72. The van der Waals surface area contributed by atoms with Crippen LogP contribution < -0.4 is 0 Å². The molecule has 0 heterocycles. The Morgan fingerprint density at radius 3 is 2.22 bits per heavy atom. The van der Waals surface area contributed by atoms with Crippen molar-refractivity contribution in [2.75, 3.05) is 7.11 Å². The van der Waals surface area contributed by atoms with E-state index in [1.165, 1.54) is 0 Å². The van der Waals surface area contributed by atoms with Crippen LogP contribution in [0.5, 0.6) is 0 Å². The van der Waals surface area contributed by atoms with Gasteiger partial charge in [-0.25, -0.2) is 9.59 Å². The number of rotatable bonds is 2. The molecule has 0 bridgehead atoms. The SMILES string of the molecule is COC(=O)c1ccc(C(F)(F)F)c(C(=O)O)c1C. The Kier molecular flexibility index (Phi) is 3.64. The van der Waals surface area contributed by atoms with Crippen molar-refractivity contribution < 1.29 is 32.6 Å². The van der Waals surface area contributed by atoms with Gasteiger partial charge in [0.25, 0.3) is 0 Å². The molecule has 0 unspecified atom stereocenters. The number of alkyl halides is 3. The minimum Gasteiger partial charge on any atom is -0.478 e. The van der Waals surface area contributed by atoms with Crippen molar-refractivity contribution >= 4 is 11.9 Å². The molecule has 1 aromatic rings. The van der Waals surface area contributed by atoms with Crippen molar-refractivity contribution in [2.45, 2.75) is 13.1 Å². The van der Waals surface area contributed by atoms with Gasteiger partial charge in [-0.05, 0) is 24.6 Å². The second-order valence-corrected chi connectivity index (χ2v) is 3.46. The summed E-state index contributed by atoms with van der Waals surface area (Å²) in [4.78, 5) is 22.2. The number of carbonyl (C=O) groups is 2. The molecular weight excluding hydrogens is 253 g/mol. The summed E-state index contributed by atoms with van der Waals surface area (Å²) in [6.45, 7) is 1.13. The second-order valence-electron chi connectivity index (χ2n) is 3.46. The maximum absolute atomic E-state index is 12.6. The predicted molar refractivity (Wildman–Crippen MR) is 54.5 cm³/mol. The third-order valence-corrected chi connectivity index (χ3v) is 2.39. The number of carbonyl (C=O) groups excluding carboxylic acids is 1. The number of ether oxygens (including phenoxy) is 1. The van der Waals surface area contributed by atoms with Crippen LogP contribution in [0.15, 0.2) is 12.1 Å². The number of benzene rings is 1. The van der Waals surface area contributed by atoms with Crippen molar-refractivity contribution in [3.8, 4) is 0 Å². The lowest BCUT2D eigenvalue weighted by molar-refractivity contribution is -0.138. The molecule has 0 aliphatic rings. The molecule has 0 fully saturated rings. The Bertz CT molecular complexity index is 506. The zero-order valence-corrected chi connectivity index (χ0v) is 9.46. The molecule has 18 heavy (non-hydrogen) atoms. The largest absolute Gasteiger partial charge is 0.478 e. The lowest BCUT2D eigenvalue weighted by Gasteiger charge is -2.14. The summed E-state index contributed by atoms with van der Waals surface area (Å²) >= 11 is 0. The van der Waals surface area contributed by atoms with Gasteiger partial charge >= 0.3 is 18.1 Å². The van der Waals surface area contributed by atoms with Crippen molar-refractivity contribution in [3.63, 3.8) is 0 Å². The lowest BCUT2D eigenvalue weighted by atomic mass is 9.96. The average Bonchev–Trinajstić information content (AvgIpc) is 2.25. The fourth-order valence-corrected chi connectivity index (χ4v) is 1.55. The minimum absolute atomic E-state index is 0.206. The van der Waals surface area contributed by atoms with Gasteiger partial charge in [-0.1, -0.05) is 0 Å². The normalized spacial score (nSPS) is 11.2. The van der Waals surface area contributed by atoms with Gasteiger partial charge in [0.2, 0.25) is 0 Å². The fourth-order valence-electron chi connectivity index (χ4n) is 1.55. The monoisotopic (exact) mass is 262 g/mol. The van der Waals surface area contributed by atoms with Crippen LogP contribution in [0.4, 0.5) is 13.2 Å². The van der Waals surface area contributed by atoms with Gasteiger partial charge in [-0.15, -0.1) is 0 Å². The Labute approximate surface area is 100.0 Å². The van der Waals surface area contributed by atoms with E-state index in [4.69, 9.17) is 5.11 Å². The predicted octanol–water partition coefficient (Wildman–Crippen LogP) is 2.50. The topological polar surface area (TPSA) is 63.6 Å². The van der Waals surface area contributed by atoms with E-state index in [1.54, 1.807) is 0 Å². The van der Waals surface area contributed by atoms with Crippen molar-refractivity contribution in [2.24, 2.45) is 0 Å². The zero-order valence-electron chi connectivity index (χ0n) is 9.46. The molecule has 0 saturated heterocycles. The van der Waals surface area contributed by atoms with E-state index in [1.807, 2.05) is 0 Å². The van der Waals surface area contributed by atoms with Crippen LogP contribution in [0.25, 0.3) is 0 Å². The smallest absolute Gasteiger partial charge is 0.417 e. The third kappa shape index (κ3) is 2.44. The number of aromatic carboxylic acids is 1. The molecule has 0 amide bonds. The molecule has 0 aliphatic heterocycles. The van der Waals surface area contributed by atoms with Crippen LogP contribution >= 0.6 is 0 Å². The number of esters is 1. The number of hydrogen-bond acceptors (Lipinski definition) is 3. The summed E-state index contributed by atoms with van der Waals surface area (Å²) in [5.74, 6) is -2.63. The quantitative estimate of drug-likeness (QED) is 0.832. The van der Waals surface area contributed by atoms with Crippen LogP contribution in [-0.2, 0) is 10.9 Å². The van der Waals surface area contributed by atoms with Gasteiger partial charge < -0.3 is 9.84 Å². The maximum atomic E-state index is 12.6. The van der Waals surface area contributed by atoms with Crippen LogP contribution in [-0.4, -0.2) is 24.2 Å². The first-order valence-corrected chi connectivity index (χ1v) is 4.72. The highest BCUT2D eigenvalue weighted by Crippen LogP contribution is 2.34. The number of carboxylic acid groups (broad SMARTS) is 1. The van der Waals surface area contributed by atoms with Gasteiger partial charge in [0.15, 0.2) is 0 Å². The summed E-state index contributed by atoms with van der Waals surface area (Å²) in [6, 6.07) is 1.46. The van der Waals surface area contributed by atoms with Crippen LogP contribution in [0.2, 0.25) is 0 Å². The van der Waals surface area contributed by atoms with Gasteiger partial charge in [0.1, 0.15) is 0 Å². The standard InChI is InChI=1S/C11H9F3O4/c1-5-6(10(17)18-2)3-4-7(11(12,13)14)8(5)9(15)16/h3-4H,1-2H3,(H,15,16). The van der Waals surface area contributed by atoms with E-state index >= 15 is 0 Å². The van der Waals surface area contributed by atoms with Crippen LogP contribution in [0.1, 0.15) is 31.8 Å². The second kappa shape index (κ2) is 4.67. The molecule has 0 radical (unpaired) electrons. The van der Waals surface area contributed by atoms with Crippen LogP contribution in [0, 0.1) is 6.92 Å². The first kappa shape index (κ1) is 14.0. The zero-order chi connectivity index (χ0) is 14.1. The highest BCUT2D eigenvalue weighted by atomic mass is 19.4. The minimum atomic E-state index is -4.80. The first-order chi connectivity index (χ1) is 8.20. The highest BCUT2D eigenvalue weighted by Gasteiger charge is 2.37. The van der Waals surface area contributed by atoms with Gasteiger partial charge in [0.05, 0.1) is 23.8 Å².